The molecule has 2 nitrogen and oxygen atoms in total. The van der Waals surface area contributed by atoms with Gasteiger partial charge in [0.25, 0.3) is 0 Å². The second-order valence-corrected chi connectivity index (χ2v) is 20.4. The van der Waals surface area contributed by atoms with Crippen molar-refractivity contribution in [2.45, 2.75) is 12.8 Å². The SMILES string of the molecule is c1ccc2c(c1)Cc1ccccc1N2c1ccc2c(-c3cccc4c3sc3ccccc34)c3cc(N4c5ccccc5Cc5ccccc54)ccc3c(-c3cccc4c3sc3ccccc34)c2c1. The zero-order valence-corrected chi connectivity index (χ0v) is 38.5. The van der Waals surface area contributed by atoms with E-state index in [1.165, 1.54) is 129 Å². The highest BCUT2D eigenvalue weighted by Gasteiger charge is 2.29. The Morgan fingerprint density at radius 2 is 0.632 bits per heavy atom. The lowest BCUT2D eigenvalue weighted by Gasteiger charge is -2.34. The Labute approximate surface area is 401 Å². The Morgan fingerprint density at radius 1 is 0.279 bits per heavy atom. The van der Waals surface area contributed by atoms with Gasteiger partial charge in [0.2, 0.25) is 0 Å². The van der Waals surface area contributed by atoms with E-state index in [-0.39, 0.29) is 0 Å². The Bertz CT molecular complexity index is 3880. The molecule has 0 N–H and O–H groups in total. The van der Waals surface area contributed by atoms with Crippen LogP contribution in [0.3, 0.4) is 0 Å². The van der Waals surface area contributed by atoms with Gasteiger partial charge >= 0.3 is 0 Å². The van der Waals surface area contributed by atoms with Crippen molar-refractivity contribution in [2.75, 3.05) is 9.80 Å². The summed E-state index contributed by atoms with van der Waals surface area (Å²) in [7, 11) is 0. The summed E-state index contributed by atoms with van der Waals surface area (Å²) in [5.74, 6) is 0. The van der Waals surface area contributed by atoms with Gasteiger partial charge in [0.15, 0.2) is 0 Å². The van der Waals surface area contributed by atoms with E-state index in [9.17, 15) is 0 Å². The van der Waals surface area contributed by atoms with Crippen LogP contribution in [-0.2, 0) is 12.8 Å². The van der Waals surface area contributed by atoms with Crippen molar-refractivity contribution in [2.24, 2.45) is 0 Å². The van der Waals surface area contributed by atoms with E-state index in [0.29, 0.717) is 0 Å². The van der Waals surface area contributed by atoms with Crippen molar-refractivity contribution in [3.05, 3.63) is 241 Å². The smallest absolute Gasteiger partial charge is 0.0497 e. The third-order valence-corrected chi connectivity index (χ3v) is 17.1. The number of thiophene rings is 2. The molecular weight excluding hydrogens is 861 g/mol. The molecule has 11 aromatic carbocycles. The Kier molecular flexibility index (Phi) is 8.26. The molecule has 0 unspecified atom stereocenters. The molecule has 2 aromatic heterocycles. The fourth-order valence-electron chi connectivity index (χ4n) is 11.7. The molecule has 0 spiro atoms. The van der Waals surface area contributed by atoms with Gasteiger partial charge in [0, 0.05) is 98.4 Å². The van der Waals surface area contributed by atoms with E-state index in [4.69, 9.17) is 0 Å². The molecule has 2 aliphatic heterocycles. The van der Waals surface area contributed by atoms with E-state index in [0.717, 1.165) is 24.2 Å². The summed E-state index contributed by atoms with van der Waals surface area (Å²) < 4.78 is 5.25. The summed E-state index contributed by atoms with van der Waals surface area (Å²) in [5.41, 5.74) is 17.7. The van der Waals surface area contributed by atoms with E-state index < -0.39 is 0 Å². The van der Waals surface area contributed by atoms with Crippen LogP contribution in [0.5, 0.6) is 0 Å². The fourth-order valence-corrected chi connectivity index (χ4v) is 14.1. The van der Waals surface area contributed by atoms with Gasteiger partial charge in [-0.05, 0) is 116 Å². The average molecular weight is 901 g/mol. The third-order valence-electron chi connectivity index (χ3n) is 14.6. The largest absolute Gasteiger partial charge is 0.310 e. The molecular formula is C64H40N2S2. The topological polar surface area (TPSA) is 6.48 Å². The molecule has 0 radical (unpaired) electrons. The first-order valence-corrected chi connectivity index (χ1v) is 25.1. The minimum absolute atomic E-state index is 0.915. The molecule has 0 saturated carbocycles. The first kappa shape index (κ1) is 38.1. The summed E-state index contributed by atoms with van der Waals surface area (Å²) >= 11 is 3.82. The molecule has 15 rings (SSSR count). The van der Waals surface area contributed by atoms with Crippen molar-refractivity contribution < 1.29 is 0 Å². The monoisotopic (exact) mass is 900 g/mol. The molecule has 4 heteroatoms. The number of rotatable bonds is 4. The summed E-state index contributed by atoms with van der Waals surface area (Å²) in [6.45, 7) is 0. The molecule has 68 heavy (non-hydrogen) atoms. The van der Waals surface area contributed by atoms with E-state index >= 15 is 0 Å². The van der Waals surface area contributed by atoms with Gasteiger partial charge in [-0.2, -0.15) is 0 Å². The third kappa shape index (κ3) is 5.56. The Morgan fingerprint density at radius 3 is 1.04 bits per heavy atom. The molecule has 4 heterocycles. The molecule has 0 saturated heterocycles. The van der Waals surface area contributed by atoms with Crippen molar-refractivity contribution in [1.29, 1.82) is 0 Å². The second kappa shape index (κ2) is 14.7. The van der Waals surface area contributed by atoms with E-state index in [1.807, 2.05) is 22.7 Å². The molecule has 318 valence electrons. The summed E-state index contributed by atoms with van der Waals surface area (Å²) in [6.07, 6.45) is 1.83. The summed E-state index contributed by atoms with van der Waals surface area (Å²) in [6, 6.07) is 82.2. The van der Waals surface area contributed by atoms with E-state index in [1.54, 1.807) is 0 Å². The number of anilines is 6. The van der Waals surface area contributed by atoms with Crippen LogP contribution in [-0.4, -0.2) is 0 Å². The second-order valence-electron chi connectivity index (χ2n) is 18.3. The minimum atomic E-state index is 0.915. The summed E-state index contributed by atoms with van der Waals surface area (Å²) in [4.78, 5) is 5.00. The molecule has 0 fully saturated rings. The van der Waals surface area contributed by atoms with Crippen LogP contribution in [0, 0.1) is 0 Å². The number of hydrogen-bond acceptors (Lipinski definition) is 4. The highest BCUT2D eigenvalue weighted by atomic mass is 32.1. The van der Waals surface area contributed by atoms with Crippen LogP contribution in [0.25, 0.3) is 84.1 Å². The molecule has 0 bridgehead atoms. The zero-order chi connectivity index (χ0) is 44.5. The lowest BCUT2D eigenvalue weighted by atomic mass is 9.84. The van der Waals surface area contributed by atoms with Gasteiger partial charge in [-0.25, -0.2) is 0 Å². The van der Waals surface area contributed by atoms with Crippen molar-refractivity contribution in [1.82, 2.24) is 0 Å². The quantitative estimate of drug-likeness (QED) is 0.162. The maximum Gasteiger partial charge on any atom is 0.0497 e. The minimum Gasteiger partial charge on any atom is -0.310 e. The Balaban J connectivity index is 1.11. The number of benzene rings is 11. The van der Waals surface area contributed by atoms with E-state index in [2.05, 4.69) is 228 Å². The number of nitrogens with zero attached hydrogens (tertiary/aromatic N) is 2. The molecule has 0 aliphatic carbocycles. The van der Waals surface area contributed by atoms with Gasteiger partial charge in [-0.3, -0.25) is 0 Å². The lowest BCUT2D eigenvalue weighted by Crippen LogP contribution is -2.18. The molecule has 0 atom stereocenters. The standard InChI is InChI=1S/C64H40N2S2/c1-7-25-55-39(15-1)35-40-16-2-8-26-56(40)65(55)43-31-33-47-53(37-43)61(51-23-13-21-49-45-19-5-11-29-59(45)67-63(49)51)48-34-32-44(66-57-27-9-3-17-41(57)36-42-18-4-10-28-58(42)66)38-54(48)62(47)52-24-14-22-50-46-20-6-12-30-60(46)68-64(50)52/h1-34,37-38H,35-36H2. The Hall–Kier alpha value is -8.02. The fraction of sp³-hybridized carbons (Fsp3) is 0.0312. The first-order chi connectivity index (χ1) is 33.7. The molecule has 0 amide bonds. The predicted molar refractivity (Wildman–Crippen MR) is 293 cm³/mol. The maximum absolute atomic E-state index is 2.51. The van der Waals surface area contributed by atoms with Crippen LogP contribution in [0.15, 0.2) is 218 Å². The average Bonchev–Trinajstić information content (AvgIpc) is 3.98. The number of fused-ring (bicyclic) bond motifs is 12. The molecule has 13 aromatic rings. The van der Waals surface area contributed by atoms with Crippen LogP contribution >= 0.6 is 22.7 Å². The number of para-hydroxylation sites is 4. The maximum atomic E-state index is 2.51. The lowest BCUT2D eigenvalue weighted by molar-refractivity contribution is 1.09. The highest BCUT2D eigenvalue weighted by molar-refractivity contribution is 7.26. The van der Waals surface area contributed by atoms with Gasteiger partial charge in [0.1, 0.15) is 0 Å². The first-order valence-electron chi connectivity index (χ1n) is 23.5. The van der Waals surface area contributed by atoms with Crippen LogP contribution in [0.4, 0.5) is 34.1 Å². The predicted octanol–water partition coefficient (Wildman–Crippen LogP) is 18.8. The van der Waals surface area contributed by atoms with Crippen LogP contribution in [0.1, 0.15) is 22.3 Å². The van der Waals surface area contributed by atoms with Gasteiger partial charge in [-0.15, -0.1) is 22.7 Å². The number of hydrogen-bond donors (Lipinski definition) is 0. The normalized spacial score (nSPS) is 13.1. The van der Waals surface area contributed by atoms with Crippen molar-refractivity contribution in [3.63, 3.8) is 0 Å². The van der Waals surface area contributed by atoms with Gasteiger partial charge in [0.05, 0.1) is 0 Å². The summed E-state index contributed by atoms with van der Waals surface area (Å²) in [5, 5.41) is 10.2. The van der Waals surface area contributed by atoms with Crippen molar-refractivity contribution in [3.8, 4) is 22.3 Å². The van der Waals surface area contributed by atoms with Gasteiger partial charge in [-0.1, -0.05) is 158 Å². The zero-order valence-electron chi connectivity index (χ0n) is 36.9. The van der Waals surface area contributed by atoms with Gasteiger partial charge < -0.3 is 9.80 Å². The van der Waals surface area contributed by atoms with Crippen molar-refractivity contribution >= 4 is 119 Å². The molecule has 2 aliphatic rings. The highest BCUT2D eigenvalue weighted by Crippen LogP contribution is 2.54. The van der Waals surface area contributed by atoms with Crippen LogP contribution < -0.4 is 9.80 Å². The van der Waals surface area contributed by atoms with Crippen LogP contribution in [0.2, 0.25) is 0 Å².